The highest BCUT2D eigenvalue weighted by Crippen LogP contribution is 2.46. The second-order valence-corrected chi connectivity index (χ2v) is 7.36. The molecule has 1 unspecified atom stereocenters. The molecule has 1 fully saturated rings. The van der Waals surface area contributed by atoms with Gasteiger partial charge in [-0.15, -0.1) is 0 Å². The minimum absolute atomic E-state index is 0.110. The molecular formula is C26H23NO6. The summed E-state index contributed by atoms with van der Waals surface area (Å²) in [4.78, 5) is 27.6. The zero-order valence-corrected chi connectivity index (χ0v) is 18.2. The summed E-state index contributed by atoms with van der Waals surface area (Å²) in [5.41, 5.74) is 0.861. The Morgan fingerprint density at radius 2 is 1.73 bits per heavy atom. The molecule has 3 aromatic rings. The van der Waals surface area contributed by atoms with Crippen LogP contribution >= 0.6 is 0 Å². The fourth-order valence-corrected chi connectivity index (χ4v) is 3.99. The van der Waals surface area contributed by atoms with Gasteiger partial charge < -0.3 is 19.7 Å². The lowest BCUT2D eigenvalue weighted by Gasteiger charge is -2.27. The van der Waals surface area contributed by atoms with Gasteiger partial charge in [0, 0.05) is 11.1 Å². The van der Waals surface area contributed by atoms with Gasteiger partial charge in [-0.25, -0.2) is 0 Å². The second-order valence-electron chi connectivity index (χ2n) is 7.36. The van der Waals surface area contributed by atoms with Crippen molar-refractivity contribution in [1.82, 2.24) is 0 Å². The van der Waals surface area contributed by atoms with Crippen molar-refractivity contribution in [2.75, 3.05) is 18.6 Å². The lowest BCUT2D eigenvalue weighted by molar-refractivity contribution is -0.132. The largest absolute Gasteiger partial charge is 0.507 e. The predicted molar refractivity (Wildman–Crippen MR) is 123 cm³/mol. The molecule has 0 radical (unpaired) electrons. The van der Waals surface area contributed by atoms with Crippen molar-refractivity contribution in [2.45, 2.75) is 13.0 Å². The van der Waals surface area contributed by atoms with Gasteiger partial charge in [0.05, 0.1) is 31.0 Å². The SMILES string of the molecule is CCOc1cccc(/C(O)=C2\C(=O)C(=O)N(c3ccccc3O)C2c2ccccc2OC)c1. The number of Topliss-reactive ketones (excluding diaryl/α,β-unsaturated/α-hetero) is 1. The Morgan fingerprint density at radius 1 is 1.00 bits per heavy atom. The summed E-state index contributed by atoms with van der Waals surface area (Å²) in [6, 6.07) is 18.8. The molecule has 1 atom stereocenters. The van der Waals surface area contributed by atoms with Crippen molar-refractivity contribution in [3.8, 4) is 17.2 Å². The van der Waals surface area contributed by atoms with Gasteiger partial charge >= 0.3 is 0 Å². The average molecular weight is 445 g/mol. The third-order valence-corrected chi connectivity index (χ3v) is 5.44. The van der Waals surface area contributed by atoms with Crippen LogP contribution in [-0.2, 0) is 9.59 Å². The first kappa shape index (κ1) is 22.0. The third-order valence-electron chi connectivity index (χ3n) is 5.44. The molecule has 7 nitrogen and oxygen atoms in total. The molecule has 168 valence electrons. The van der Waals surface area contributed by atoms with Crippen LogP contribution in [0.2, 0.25) is 0 Å². The van der Waals surface area contributed by atoms with E-state index >= 15 is 0 Å². The van der Waals surface area contributed by atoms with Crippen LogP contribution in [0.15, 0.2) is 78.4 Å². The third kappa shape index (κ3) is 3.89. The number of carbonyl (C=O) groups excluding carboxylic acids is 2. The molecule has 3 aromatic carbocycles. The molecule has 0 bridgehead atoms. The smallest absolute Gasteiger partial charge is 0.300 e. The number of benzene rings is 3. The Hall–Kier alpha value is -4.26. The molecule has 1 saturated heterocycles. The molecule has 1 aliphatic rings. The summed E-state index contributed by atoms with van der Waals surface area (Å²) in [5.74, 6) is -1.30. The number of ketones is 1. The van der Waals surface area contributed by atoms with Gasteiger partial charge in [-0.3, -0.25) is 14.5 Å². The number of phenolic OH excluding ortho intramolecular Hbond substituents is 1. The number of rotatable bonds is 6. The topological polar surface area (TPSA) is 96.3 Å². The number of hydrogen-bond donors (Lipinski definition) is 2. The number of para-hydroxylation sites is 3. The summed E-state index contributed by atoms with van der Waals surface area (Å²) in [5, 5.41) is 21.7. The molecule has 1 amide bonds. The van der Waals surface area contributed by atoms with E-state index in [1.165, 1.54) is 18.1 Å². The van der Waals surface area contributed by atoms with Gasteiger partial charge in [-0.05, 0) is 37.3 Å². The van der Waals surface area contributed by atoms with Gasteiger partial charge in [0.25, 0.3) is 11.7 Å². The number of aliphatic hydroxyl groups excluding tert-OH is 1. The molecule has 33 heavy (non-hydrogen) atoms. The van der Waals surface area contributed by atoms with Crippen LogP contribution in [0, 0.1) is 0 Å². The number of nitrogens with zero attached hydrogens (tertiary/aromatic N) is 1. The van der Waals surface area contributed by atoms with E-state index < -0.39 is 17.7 Å². The van der Waals surface area contributed by atoms with Crippen LogP contribution in [0.1, 0.15) is 24.1 Å². The summed E-state index contributed by atoms with van der Waals surface area (Å²) in [6.45, 7) is 2.27. The molecule has 7 heteroatoms. The Morgan fingerprint density at radius 3 is 2.45 bits per heavy atom. The maximum atomic E-state index is 13.2. The number of methoxy groups -OCH3 is 1. The van der Waals surface area contributed by atoms with Gasteiger partial charge in [-0.2, -0.15) is 0 Å². The van der Waals surface area contributed by atoms with E-state index in [2.05, 4.69) is 0 Å². The molecule has 0 aliphatic carbocycles. The monoisotopic (exact) mass is 445 g/mol. The van der Waals surface area contributed by atoms with Crippen LogP contribution in [0.25, 0.3) is 5.76 Å². The number of anilines is 1. The van der Waals surface area contributed by atoms with E-state index in [1.54, 1.807) is 66.7 Å². The summed E-state index contributed by atoms with van der Waals surface area (Å²) < 4.78 is 11.0. The normalized spacial score (nSPS) is 17.3. The number of aromatic hydroxyl groups is 1. The predicted octanol–water partition coefficient (Wildman–Crippen LogP) is 4.43. The number of ether oxygens (including phenoxy) is 2. The zero-order chi connectivity index (χ0) is 23.5. The van der Waals surface area contributed by atoms with E-state index in [1.807, 2.05) is 6.92 Å². The van der Waals surface area contributed by atoms with E-state index in [0.29, 0.717) is 29.2 Å². The standard InChI is InChI=1S/C26H23NO6/c1-3-33-17-10-8-9-16(15-17)24(29)22-23(18-11-4-7-14-21(18)32-2)27(26(31)25(22)30)19-12-5-6-13-20(19)28/h4-15,23,28-29H,3H2,1-2H3/b24-22+. The average Bonchev–Trinajstić information content (AvgIpc) is 3.09. The highest BCUT2D eigenvalue weighted by Gasteiger charge is 2.48. The zero-order valence-electron chi connectivity index (χ0n) is 18.2. The molecule has 0 aromatic heterocycles. The first-order chi connectivity index (χ1) is 16.0. The molecule has 1 heterocycles. The van der Waals surface area contributed by atoms with Crippen molar-refractivity contribution in [1.29, 1.82) is 0 Å². The van der Waals surface area contributed by atoms with Crippen LogP contribution in [0.4, 0.5) is 5.69 Å². The van der Waals surface area contributed by atoms with Crippen molar-refractivity contribution in [2.24, 2.45) is 0 Å². The summed E-state index contributed by atoms with van der Waals surface area (Å²) in [7, 11) is 1.48. The van der Waals surface area contributed by atoms with Gasteiger partial charge in [0.2, 0.25) is 0 Å². The number of phenols is 1. The van der Waals surface area contributed by atoms with E-state index in [-0.39, 0.29) is 22.8 Å². The fraction of sp³-hybridized carbons (Fsp3) is 0.154. The van der Waals surface area contributed by atoms with Crippen LogP contribution in [-0.4, -0.2) is 35.6 Å². The quantitative estimate of drug-likeness (QED) is 0.331. The van der Waals surface area contributed by atoms with Crippen molar-refractivity contribution >= 4 is 23.1 Å². The maximum Gasteiger partial charge on any atom is 0.300 e. The molecule has 0 spiro atoms. The molecule has 4 rings (SSSR count). The van der Waals surface area contributed by atoms with Crippen molar-refractivity contribution in [3.63, 3.8) is 0 Å². The summed E-state index contributed by atoms with van der Waals surface area (Å²) >= 11 is 0. The Kier molecular flexibility index (Phi) is 6.04. The minimum atomic E-state index is -1.02. The molecule has 1 aliphatic heterocycles. The van der Waals surface area contributed by atoms with Crippen LogP contribution in [0.5, 0.6) is 17.2 Å². The minimum Gasteiger partial charge on any atom is -0.507 e. The highest BCUT2D eigenvalue weighted by molar-refractivity contribution is 6.52. The van der Waals surface area contributed by atoms with Crippen molar-refractivity contribution in [3.05, 3.63) is 89.5 Å². The van der Waals surface area contributed by atoms with Crippen LogP contribution in [0.3, 0.4) is 0 Å². The van der Waals surface area contributed by atoms with E-state index in [9.17, 15) is 19.8 Å². The van der Waals surface area contributed by atoms with E-state index in [0.717, 1.165) is 0 Å². The van der Waals surface area contributed by atoms with Crippen molar-refractivity contribution < 1.29 is 29.3 Å². The highest BCUT2D eigenvalue weighted by atomic mass is 16.5. The summed E-state index contributed by atoms with van der Waals surface area (Å²) in [6.07, 6.45) is 0. The first-order valence-corrected chi connectivity index (χ1v) is 10.4. The Balaban J connectivity index is 1.98. The number of hydrogen-bond acceptors (Lipinski definition) is 6. The number of amides is 1. The lowest BCUT2D eigenvalue weighted by atomic mass is 9.94. The number of aliphatic hydroxyl groups is 1. The molecule has 0 saturated carbocycles. The van der Waals surface area contributed by atoms with E-state index in [4.69, 9.17) is 9.47 Å². The second kappa shape index (κ2) is 9.08. The maximum absolute atomic E-state index is 13.2. The van der Waals surface area contributed by atoms with Gasteiger partial charge in [0.15, 0.2) is 0 Å². The van der Waals surface area contributed by atoms with Crippen LogP contribution < -0.4 is 14.4 Å². The first-order valence-electron chi connectivity index (χ1n) is 10.4. The Bertz CT molecular complexity index is 1250. The Labute approximate surface area is 191 Å². The number of carbonyl (C=O) groups is 2. The fourth-order valence-electron chi connectivity index (χ4n) is 3.99. The molecule has 2 N–H and O–H groups in total. The molecular weight excluding hydrogens is 422 g/mol. The van der Waals surface area contributed by atoms with Gasteiger partial charge in [0.1, 0.15) is 23.0 Å². The lowest BCUT2D eigenvalue weighted by Crippen LogP contribution is -2.29. The van der Waals surface area contributed by atoms with Gasteiger partial charge in [-0.1, -0.05) is 42.5 Å².